The van der Waals surface area contributed by atoms with Gasteiger partial charge in [-0.05, 0) is 6.42 Å². The van der Waals surface area contributed by atoms with Crippen molar-refractivity contribution < 1.29 is 5.11 Å². The van der Waals surface area contributed by atoms with E-state index in [9.17, 15) is 5.11 Å². The summed E-state index contributed by atoms with van der Waals surface area (Å²) in [7, 11) is 0. The third kappa shape index (κ3) is 14.0. The summed E-state index contributed by atoms with van der Waals surface area (Å²) in [4.78, 5) is 0. The Morgan fingerprint density at radius 1 is 0.722 bits per heavy atom. The molecule has 110 valence electrons. The number of aliphatic hydroxyl groups excluding tert-OH is 1. The maximum atomic E-state index is 9.29. The summed E-state index contributed by atoms with van der Waals surface area (Å²) >= 11 is 0. The summed E-state index contributed by atoms with van der Waals surface area (Å²) in [6.45, 7) is 2.69. The summed E-state index contributed by atoms with van der Waals surface area (Å²) in [6, 6.07) is 0. The third-order valence-electron chi connectivity index (χ3n) is 3.66. The lowest BCUT2D eigenvalue weighted by atomic mass is 10.0. The molecule has 0 aliphatic carbocycles. The maximum absolute atomic E-state index is 9.29. The minimum absolute atomic E-state index is 0.270. The van der Waals surface area contributed by atoms with E-state index in [4.69, 9.17) is 5.73 Å². The van der Waals surface area contributed by atoms with Gasteiger partial charge in [0.15, 0.2) is 0 Å². The van der Waals surface area contributed by atoms with Crippen molar-refractivity contribution >= 4 is 0 Å². The van der Waals surface area contributed by atoms with Crippen molar-refractivity contribution in [2.75, 3.05) is 6.54 Å². The molecular weight excluding hydrogens is 222 g/mol. The molecule has 0 aromatic heterocycles. The zero-order valence-corrected chi connectivity index (χ0v) is 12.5. The predicted octanol–water partition coefficient (Wildman–Crippen LogP) is 4.40. The van der Waals surface area contributed by atoms with Crippen LogP contribution in [0.25, 0.3) is 0 Å². The lowest BCUT2D eigenvalue weighted by Gasteiger charge is -2.06. The molecule has 2 heteroatoms. The third-order valence-corrected chi connectivity index (χ3v) is 3.66. The molecular formula is C16H35NO. The first kappa shape index (κ1) is 17.9. The molecule has 18 heavy (non-hydrogen) atoms. The summed E-state index contributed by atoms with van der Waals surface area (Å²) in [5.74, 6) is 0. The van der Waals surface area contributed by atoms with Gasteiger partial charge in [0.25, 0.3) is 0 Å². The number of unbranched alkanes of at least 4 members (excludes halogenated alkanes) is 11. The topological polar surface area (TPSA) is 46.2 Å². The van der Waals surface area contributed by atoms with Crippen LogP contribution in [0.15, 0.2) is 0 Å². The Labute approximate surface area is 114 Å². The van der Waals surface area contributed by atoms with Gasteiger partial charge in [0.05, 0.1) is 6.10 Å². The second-order valence-electron chi connectivity index (χ2n) is 5.57. The highest BCUT2D eigenvalue weighted by atomic mass is 16.3. The molecule has 0 saturated carbocycles. The molecule has 0 spiro atoms. The van der Waals surface area contributed by atoms with Crippen LogP contribution in [0.1, 0.15) is 90.4 Å². The SMILES string of the molecule is CCCCCCCCCCCCCC[C@@H](O)CN. The Morgan fingerprint density at radius 3 is 1.50 bits per heavy atom. The Hall–Kier alpha value is -0.0800. The van der Waals surface area contributed by atoms with Gasteiger partial charge in [-0.3, -0.25) is 0 Å². The quantitative estimate of drug-likeness (QED) is 0.453. The van der Waals surface area contributed by atoms with Gasteiger partial charge in [-0.2, -0.15) is 0 Å². The Balaban J connectivity index is 2.94. The van der Waals surface area contributed by atoms with Crippen LogP contribution in [0.5, 0.6) is 0 Å². The van der Waals surface area contributed by atoms with Crippen LogP contribution in [0.4, 0.5) is 0 Å². The fraction of sp³-hybridized carbons (Fsp3) is 1.00. The van der Waals surface area contributed by atoms with Crippen LogP contribution >= 0.6 is 0 Å². The highest BCUT2D eigenvalue weighted by Gasteiger charge is 1.99. The molecule has 0 aliphatic rings. The van der Waals surface area contributed by atoms with Gasteiger partial charge < -0.3 is 10.8 Å². The molecule has 0 amide bonds. The zero-order valence-electron chi connectivity index (χ0n) is 12.5. The van der Waals surface area contributed by atoms with E-state index in [1.165, 1.54) is 70.6 Å². The standard InChI is InChI=1S/C16H35NO/c1-2-3-4-5-6-7-8-9-10-11-12-13-14-16(18)15-17/h16,18H,2-15,17H2,1H3/t16-/m1/s1. The van der Waals surface area contributed by atoms with Crippen LogP contribution in [-0.4, -0.2) is 17.8 Å². The number of hydrogen-bond donors (Lipinski definition) is 2. The van der Waals surface area contributed by atoms with Crippen molar-refractivity contribution in [3.63, 3.8) is 0 Å². The highest BCUT2D eigenvalue weighted by molar-refractivity contribution is 4.56. The van der Waals surface area contributed by atoms with Crippen LogP contribution in [-0.2, 0) is 0 Å². The minimum atomic E-state index is -0.270. The van der Waals surface area contributed by atoms with Crippen LogP contribution < -0.4 is 5.73 Å². The first-order valence-corrected chi connectivity index (χ1v) is 8.19. The fourth-order valence-electron chi connectivity index (χ4n) is 2.34. The number of aliphatic hydroxyl groups is 1. The molecule has 0 aromatic rings. The lowest BCUT2D eigenvalue weighted by molar-refractivity contribution is 0.168. The normalized spacial score (nSPS) is 12.8. The smallest absolute Gasteiger partial charge is 0.0662 e. The van der Waals surface area contributed by atoms with Crippen molar-refractivity contribution in [3.8, 4) is 0 Å². The average Bonchev–Trinajstić information content (AvgIpc) is 2.39. The zero-order chi connectivity index (χ0) is 13.5. The summed E-state index contributed by atoms with van der Waals surface area (Å²) in [6.07, 6.45) is 17.0. The highest BCUT2D eigenvalue weighted by Crippen LogP contribution is 2.12. The van der Waals surface area contributed by atoms with E-state index in [0.29, 0.717) is 6.54 Å². The molecule has 1 atom stereocenters. The number of hydrogen-bond acceptors (Lipinski definition) is 2. The number of nitrogens with two attached hydrogens (primary N) is 1. The Kier molecular flexibility index (Phi) is 14.9. The molecule has 3 N–H and O–H groups in total. The molecule has 0 aliphatic heterocycles. The first-order chi connectivity index (χ1) is 8.81. The van der Waals surface area contributed by atoms with Gasteiger partial charge in [-0.15, -0.1) is 0 Å². The number of rotatable bonds is 14. The van der Waals surface area contributed by atoms with Crippen molar-refractivity contribution in [2.45, 2.75) is 96.5 Å². The molecule has 0 unspecified atom stereocenters. The molecule has 0 aromatic carbocycles. The fourth-order valence-corrected chi connectivity index (χ4v) is 2.34. The molecule has 2 nitrogen and oxygen atoms in total. The molecule has 0 heterocycles. The van der Waals surface area contributed by atoms with Crippen LogP contribution in [0.2, 0.25) is 0 Å². The molecule has 0 rings (SSSR count). The molecule has 0 bridgehead atoms. The van der Waals surface area contributed by atoms with Crippen molar-refractivity contribution in [1.29, 1.82) is 0 Å². The van der Waals surface area contributed by atoms with E-state index in [-0.39, 0.29) is 6.10 Å². The van der Waals surface area contributed by atoms with E-state index >= 15 is 0 Å². The Morgan fingerprint density at radius 2 is 1.11 bits per heavy atom. The monoisotopic (exact) mass is 257 g/mol. The van der Waals surface area contributed by atoms with E-state index in [1.807, 2.05) is 0 Å². The van der Waals surface area contributed by atoms with Gasteiger partial charge in [-0.25, -0.2) is 0 Å². The van der Waals surface area contributed by atoms with Gasteiger partial charge in [0.1, 0.15) is 0 Å². The van der Waals surface area contributed by atoms with Gasteiger partial charge >= 0.3 is 0 Å². The van der Waals surface area contributed by atoms with E-state index in [1.54, 1.807) is 0 Å². The molecule has 0 fully saturated rings. The van der Waals surface area contributed by atoms with Crippen molar-refractivity contribution in [2.24, 2.45) is 5.73 Å². The second kappa shape index (κ2) is 15.0. The second-order valence-corrected chi connectivity index (χ2v) is 5.57. The van der Waals surface area contributed by atoms with Crippen molar-refractivity contribution in [1.82, 2.24) is 0 Å². The Bertz CT molecular complexity index is 150. The van der Waals surface area contributed by atoms with Crippen molar-refractivity contribution in [3.05, 3.63) is 0 Å². The van der Waals surface area contributed by atoms with Crippen LogP contribution in [0, 0.1) is 0 Å². The molecule has 0 saturated heterocycles. The largest absolute Gasteiger partial charge is 0.392 e. The minimum Gasteiger partial charge on any atom is -0.392 e. The van der Waals surface area contributed by atoms with Gasteiger partial charge in [0, 0.05) is 6.54 Å². The maximum Gasteiger partial charge on any atom is 0.0662 e. The van der Waals surface area contributed by atoms with E-state index in [0.717, 1.165) is 12.8 Å². The summed E-state index contributed by atoms with van der Waals surface area (Å²) < 4.78 is 0. The average molecular weight is 257 g/mol. The van der Waals surface area contributed by atoms with E-state index in [2.05, 4.69) is 6.92 Å². The molecule has 0 radical (unpaired) electrons. The van der Waals surface area contributed by atoms with Crippen LogP contribution in [0.3, 0.4) is 0 Å². The summed E-state index contributed by atoms with van der Waals surface area (Å²) in [5, 5.41) is 9.29. The predicted molar refractivity (Wildman–Crippen MR) is 80.8 cm³/mol. The lowest BCUT2D eigenvalue weighted by Crippen LogP contribution is -2.19. The van der Waals surface area contributed by atoms with Gasteiger partial charge in [-0.1, -0.05) is 84.0 Å². The summed E-state index contributed by atoms with van der Waals surface area (Å²) in [5.41, 5.74) is 5.36. The van der Waals surface area contributed by atoms with Gasteiger partial charge in [0.2, 0.25) is 0 Å². The first-order valence-electron chi connectivity index (χ1n) is 8.19. The van der Waals surface area contributed by atoms with E-state index < -0.39 is 0 Å².